The number of halogens is 1. The van der Waals surface area contributed by atoms with Gasteiger partial charge in [0.25, 0.3) is 0 Å². The third-order valence-corrected chi connectivity index (χ3v) is 8.01. The molecule has 4 nitrogen and oxygen atoms in total. The van der Waals surface area contributed by atoms with Gasteiger partial charge in [0.2, 0.25) is 0 Å². The fourth-order valence-corrected chi connectivity index (χ4v) is 5.63. The number of aliphatic carboxylic acids is 1. The lowest BCUT2D eigenvalue weighted by Gasteiger charge is -2.12. The van der Waals surface area contributed by atoms with E-state index in [0.29, 0.717) is 29.2 Å². The highest BCUT2D eigenvalue weighted by Crippen LogP contribution is 2.27. The van der Waals surface area contributed by atoms with Crippen molar-refractivity contribution in [3.8, 4) is 0 Å². The molecule has 1 aromatic carbocycles. The number of aromatic nitrogens is 1. The number of rotatable bonds is 21. The third-order valence-electron chi connectivity index (χ3n) is 7.76. The van der Waals surface area contributed by atoms with Crippen LogP contribution in [0.1, 0.15) is 143 Å². The van der Waals surface area contributed by atoms with Crippen molar-refractivity contribution in [2.45, 2.75) is 136 Å². The Labute approximate surface area is 236 Å². The Morgan fingerprint density at radius 2 is 1.24 bits per heavy atom. The van der Waals surface area contributed by atoms with Crippen molar-refractivity contribution >= 4 is 23.4 Å². The third kappa shape index (κ3) is 11.4. The summed E-state index contributed by atoms with van der Waals surface area (Å²) in [7, 11) is 0. The van der Waals surface area contributed by atoms with Crippen molar-refractivity contribution in [1.82, 2.24) is 4.57 Å². The Kier molecular flexibility index (Phi) is 15.4. The van der Waals surface area contributed by atoms with Crippen LogP contribution in [0.15, 0.2) is 24.3 Å². The van der Waals surface area contributed by atoms with Crippen LogP contribution in [0.5, 0.6) is 0 Å². The topological polar surface area (TPSA) is 59.3 Å². The zero-order chi connectivity index (χ0) is 27.8. The van der Waals surface area contributed by atoms with E-state index >= 15 is 0 Å². The molecule has 0 aliphatic heterocycles. The predicted molar refractivity (Wildman–Crippen MR) is 160 cm³/mol. The number of unbranched alkanes of at least 4 members (excludes halogenated alkanes) is 14. The lowest BCUT2D eigenvalue weighted by atomic mass is 9.99. The van der Waals surface area contributed by atoms with E-state index in [1.807, 2.05) is 42.7 Å². The molecule has 0 aliphatic carbocycles. The predicted octanol–water partition coefficient (Wildman–Crippen LogP) is 9.88. The largest absolute Gasteiger partial charge is 0.481 e. The minimum Gasteiger partial charge on any atom is -0.481 e. The zero-order valence-corrected chi connectivity index (χ0v) is 24.9. The van der Waals surface area contributed by atoms with Crippen molar-refractivity contribution in [2.24, 2.45) is 0 Å². The monoisotopic (exact) mass is 543 g/mol. The number of carboxylic acids is 1. The van der Waals surface area contributed by atoms with Crippen LogP contribution < -0.4 is 0 Å². The molecular weight excluding hydrogens is 494 g/mol. The van der Waals surface area contributed by atoms with E-state index in [9.17, 15) is 14.7 Å². The van der Waals surface area contributed by atoms with Gasteiger partial charge in [-0.3, -0.25) is 9.59 Å². The van der Waals surface area contributed by atoms with Crippen LogP contribution in [-0.2, 0) is 17.8 Å². The second-order valence-corrected chi connectivity index (χ2v) is 11.4. The molecule has 38 heavy (non-hydrogen) atoms. The number of benzene rings is 1. The van der Waals surface area contributed by atoms with Crippen molar-refractivity contribution < 1.29 is 14.7 Å². The highest BCUT2D eigenvalue weighted by molar-refractivity contribution is 6.30. The molecule has 1 N–H and O–H groups in total. The van der Waals surface area contributed by atoms with Crippen LogP contribution in [0.2, 0.25) is 5.02 Å². The van der Waals surface area contributed by atoms with Gasteiger partial charge in [0.05, 0.1) is 6.42 Å². The van der Waals surface area contributed by atoms with Crippen molar-refractivity contribution in [2.75, 3.05) is 0 Å². The fourth-order valence-electron chi connectivity index (χ4n) is 5.51. The van der Waals surface area contributed by atoms with E-state index in [-0.39, 0.29) is 12.2 Å². The Bertz CT molecular complexity index is 977. The molecular formula is C33H50ClNO3. The Hall–Kier alpha value is -2.07. The van der Waals surface area contributed by atoms with Crippen LogP contribution in [0.4, 0.5) is 0 Å². The number of Topliss-reactive ketones (excluding diaryl/α,β-unsaturated/α-hetero) is 1. The lowest BCUT2D eigenvalue weighted by Crippen LogP contribution is -2.11. The number of hydrogen-bond donors (Lipinski definition) is 1. The number of ketones is 1. The first-order valence-corrected chi connectivity index (χ1v) is 15.4. The summed E-state index contributed by atoms with van der Waals surface area (Å²) in [5.74, 6) is -0.749. The Morgan fingerprint density at radius 1 is 0.763 bits per heavy atom. The maximum atomic E-state index is 13.2. The number of carbonyl (C=O) groups excluding carboxylic acids is 1. The van der Waals surface area contributed by atoms with E-state index in [4.69, 9.17) is 11.6 Å². The number of carbonyl (C=O) groups is 2. The van der Waals surface area contributed by atoms with Gasteiger partial charge in [-0.2, -0.15) is 0 Å². The van der Waals surface area contributed by atoms with Gasteiger partial charge in [-0.25, -0.2) is 0 Å². The van der Waals surface area contributed by atoms with Crippen LogP contribution in [0.25, 0.3) is 0 Å². The van der Waals surface area contributed by atoms with Crippen molar-refractivity contribution in [3.05, 3.63) is 57.4 Å². The second-order valence-electron chi connectivity index (χ2n) is 10.9. The maximum Gasteiger partial charge on any atom is 0.309 e. The quantitative estimate of drug-likeness (QED) is 0.126. The van der Waals surface area contributed by atoms with Gasteiger partial charge in [-0.1, -0.05) is 121 Å². The molecule has 0 bridgehead atoms. The van der Waals surface area contributed by atoms with Gasteiger partial charge in [0, 0.05) is 34.9 Å². The average molecular weight is 544 g/mol. The van der Waals surface area contributed by atoms with Crippen LogP contribution in [0.3, 0.4) is 0 Å². The molecule has 0 saturated carbocycles. The van der Waals surface area contributed by atoms with Gasteiger partial charge < -0.3 is 9.67 Å². The SMILES string of the molecule is CCCCCCCCCCCCCCCCCC(=O)c1c(C)c(CC(=O)O)n(Cc2ccc(Cl)cc2)c1C. The van der Waals surface area contributed by atoms with Gasteiger partial charge in [-0.05, 0) is 43.5 Å². The van der Waals surface area contributed by atoms with Crippen molar-refractivity contribution in [1.29, 1.82) is 0 Å². The molecule has 0 amide bonds. The van der Waals surface area contributed by atoms with Gasteiger partial charge in [0.1, 0.15) is 0 Å². The fraction of sp³-hybridized carbons (Fsp3) is 0.636. The molecule has 0 unspecified atom stereocenters. The van der Waals surface area contributed by atoms with Gasteiger partial charge in [-0.15, -0.1) is 0 Å². The minimum absolute atomic E-state index is 0.0908. The Morgan fingerprint density at radius 3 is 1.71 bits per heavy atom. The van der Waals surface area contributed by atoms with Crippen LogP contribution >= 0.6 is 11.6 Å². The molecule has 0 atom stereocenters. The molecule has 0 aliphatic rings. The molecule has 0 radical (unpaired) electrons. The van der Waals surface area contributed by atoms with Gasteiger partial charge >= 0.3 is 5.97 Å². The summed E-state index contributed by atoms with van der Waals surface area (Å²) < 4.78 is 1.99. The number of carboxylic acid groups (broad SMARTS) is 1. The number of hydrogen-bond acceptors (Lipinski definition) is 2. The normalized spacial score (nSPS) is 11.3. The molecule has 5 heteroatoms. The highest BCUT2D eigenvalue weighted by atomic mass is 35.5. The standard InChI is InChI=1S/C33H50ClNO3/c1-4-5-6-7-8-9-10-11-12-13-14-15-16-17-18-19-31(36)33-26(2)30(24-32(37)38)35(27(33)3)25-28-20-22-29(34)23-21-28/h20-23H,4-19,24-25H2,1-3H3,(H,37,38). The molecule has 0 fully saturated rings. The second kappa shape index (κ2) is 18.3. The zero-order valence-electron chi connectivity index (χ0n) is 24.1. The van der Waals surface area contributed by atoms with Crippen LogP contribution in [-0.4, -0.2) is 21.4 Å². The number of nitrogens with zero attached hydrogens (tertiary/aromatic N) is 1. The first-order chi connectivity index (χ1) is 18.3. The maximum absolute atomic E-state index is 13.2. The lowest BCUT2D eigenvalue weighted by molar-refractivity contribution is -0.136. The van der Waals surface area contributed by atoms with E-state index < -0.39 is 5.97 Å². The molecule has 212 valence electrons. The molecule has 2 rings (SSSR count). The van der Waals surface area contributed by atoms with Crippen molar-refractivity contribution in [3.63, 3.8) is 0 Å². The molecule has 2 aromatic rings. The Balaban J connectivity index is 1.73. The highest BCUT2D eigenvalue weighted by Gasteiger charge is 2.23. The summed E-state index contributed by atoms with van der Waals surface area (Å²) in [6, 6.07) is 7.56. The first kappa shape index (κ1) is 32.1. The van der Waals surface area contributed by atoms with E-state index in [0.717, 1.165) is 29.7 Å². The van der Waals surface area contributed by atoms with Gasteiger partial charge in [0.15, 0.2) is 5.78 Å². The molecule has 1 aromatic heterocycles. The van der Waals surface area contributed by atoms with E-state index in [1.54, 1.807) is 0 Å². The molecule has 0 spiro atoms. The average Bonchev–Trinajstić information content (AvgIpc) is 3.11. The van der Waals surface area contributed by atoms with E-state index in [1.165, 1.54) is 83.5 Å². The first-order valence-electron chi connectivity index (χ1n) is 15.0. The van der Waals surface area contributed by atoms with Crippen LogP contribution in [0, 0.1) is 13.8 Å². The van der Waals surface area contributed by atoms with E-state index in [2.05, 4.69) is 6.92 Å². The molecule has 1 heterocycles. The summed E-state index contributed by atoms with van der Waals surface area (Å²) >= 11 is 6.02. The summed E-state index contributed by atoms with van der Waals surface area (Å²) in [4.78, 5) is 24.8. The summed E-state index contributed by atoms with van der Waals surface area (Å²) in [6.07, 6.45) is 19.9. The molecule has 0 saturated heterocycles. The summed E-state index contributed by atoms with van der Waals surface area (Å²) in [6.45, 7) is 6.63. The smallest absolute Gasteiger partial charge is 0.309 e. The minimum atomic E-state index is -0.885. The summed E-state index contributed by atoms with van der Waals surface area (Å²) in [5, 5.41) is 10.2. The summed E-state index contributed by atoms with van der Waals surface area (Å²) in [5.41, 5.74) is 4.12.